The van der Waals surface area contributed by atoms with Crippen LogP contribution < -0.4 is 5.73 Å². The molecule has 0 heterocycles. The molecule has 0 bridgehead atoms. The van der Waals surface area contributed by atoms with E-state index in [-0.39, 0.29) is 11.9 Å². The van der Waals surface area contributed by atoms with Crippen LogP contribution in [0.15, 0.2) is 18.2 Å². The predicted molar refractivity (Wildman–Crippen MR) is 50.8 cm³/mol. The van der Waals surface area contributed by atoms with E-state index in [9.17, 15) is 4.39 Å². The van der Waals surface area contributed by atoms with Crippen LogP contribution in [-0.2, 0) is 0 Å². The number of halogens is 1. The van der Waals surface area contributed by atoms with Gasteiger partial charge >= 0.3 is 0 Å². The summed E-state index contributed by atoms with van der Waals surface area (Å²) in [5.74, 6) is 0.439. The Morgan fingerprint density at radius 3 is 2.77 bits per heavy atom. The van der Waals surface area contributed by atoms with Crippen LogP contribution in [0, 0.1) is 18.7 Å². The third-order valence-corrected chi connectivity index (χ3v) is 2.80. The van der Waals surface area contributed by atoms with E-state index in [1.807, 2.05) is 6.07 Å². The number of benzene rings is 1. The minimum Gasteiger partial charge on any atom is -0.324 e. The lowest BCUT2D eigenvalue weighted by Gasteiger charge is -2.13. The first-order valence-electron chi connectivity index (χ1n) is 4.70. The summed E-state index contributed by atoms with van der Waals surface area (Å²) in [7, 11) is 0. The van der Waals surface area contributed by atoms with Crippen molar-refractivity contribution in [3.05, 3.63) is 35.1 Å². The highest BCUT2D eigenvalue weighted by atomic mass is 19.1. The molecule has 0 spiro atoms. The first-order chi connectivity index (χ1) is 6.20. The lowest BCUT2D eigenvalue weighted by Crippen LogP contribution is -2.14. The monoisotopic (exact) mass is 179 g/mol. The lowest BCUT2D eigenvalue weighted by atomic mass is 9.98. The van der Waals surface area contributed by atoms with Crippen molar-refractivity contribution in [3.63, 3.8) is 0 Å². The van der Waals surface area contributed by atoms with E-state index in [1.165, 1.54) is 18.9 Å². The Morgan fingerprint density at radius 1 is 1.46 bits per heavy atom. The van der Waals surface area contributed by atoms with Gasteiger partial charge in [0.2, 0.25) is 0 Å². The highest BCUT2D eigenvalue weighted by Crippen LogP contribution is 2.40. The quantitative estimate of drug-likeness (QED) is 0.741. The second-order valence-electron chi connectivity index (χ2n) is 3.82. The summed E-state index contributed by atoms with van der Waals surface area (Å²) >= 11 is 0. The van der Waals surface area contributed by atoms with Gasteiger partial charge in [-0.25, -0.2) is 4.39 Å². The zero-order chi connectivity index (χ0) is 9.42. The molecule has 70 valence electrons. The molecule has 0 radical (unpaired) electrons. The van der Waals surface area contributed by atoms with Crippen LogP contribution in [0.1, 0.15) is 30.0 Å². The zero-order valence-electron chi connectivity index (χ0n) is 7.76. The first-order valence-corrected chi connectivity index (χ1v) is 4.70. The summed E-state index contributed by atoms with van der Waals surface area (Å²) in [5, 5.41) is 0. The van der Waals surface area contributed by atoms with Crippen LogP contribution in [0.3, 0.4) is 0 Å². The van der Waals surface area contributed by atoms with Gasteiger partial charge in [-0.3, -0.25) is 0 Å². The molecule has 1 aliphatic rings. The topological polar surface area (TPSA) is 26.0 Å². The maximum Gasteiger partial charge on any atom is 0.126 e. The van der Waals surface area contributed by atoms with E-state index >= 15 is 0 Å². The largest absolute Gasteiger partial charge is 0.324 e. The fourth-order valence-corrected chi connectivity index (χ4v) is 1.69. The SMILES string of the molecule is Cc1c(F)cccc1[C@@H](N)C1CC1. The minimum absolute atomic E-state index is 0.0377. The van der Waals surface area contributed by atoms with Gasteiger partial charge in [-0.1, -0.05) is 12.1 Å². The van der Waals surface area contributed by atoms with Gasteiger partial charge in [0.15, 0.2) is 0 Å². The Morgan fingerprint density at radius 2 is 2.15 bits per heavy atom. The number of hydrogen-bond donors (Lipinski definition) is 1. The normalized spacial score (nSPS) is 18.7. The van der Waals surface area contributed by atoms with Gasteiger partial charge in [0, 0.05) is 6.04 Å². The Balaban J connectivity index is 2.32. The smallest absolute Gasteiger partial charge is 0.126 e. The van der Waals surface area contributed by atoms with Gasteiger partial charge in [0.1, 0.15) is 5.82 Å². The van der Waals surface area contributed by atoms with Crippen molar-refractivity contribution >= 4 is 0 Å². The molecule has 1 saturated carbocycles. The number of rotatable bonds is 2. The second kappa shape index (κ2) is 3.11. The van der Waals surface area contributed by atoms with Gasteiger partial charge in [-0.2, -0.15) is 0 Å². The molecule has 2 N–H and O–H groups in total. The molecule has 0 saturated heterocycles. The van der Waals surface area contributed by atoms with E-state index in [2.05, 4.69) is 0 Å². The summed E-state index contributed by atoms with van der Waals surface area (Å²) in [4.78, 5) is 0. The second-order valence-corrected chi connectivity index (χ2v) is 3.82. The molecule has 1 aromatic carbocycles. The predicted octanol–water partition coefficient (Wildman–Crippen LogP) is 2.54. The van der Waals surface area contributed by atoms with Crippen LogP contribution in [-0.4, -0.2) is 0 Å². The fourth-order valence-electron chi connectivity index (χ4n) is 1.69. The summed E-state index contributed by atoms with van der Waals surface area (Å²) in [6, 6.07) is 5.19. The van der Waals surface area contributed by atoms with Gasteiger partial charge in [-0.05, 0) is 42.9 Å². The Hall–Kier alpha value is -0.890. The highest BCUT2D eigenvalue weighted by Gasteiger charge is 2.30. The molecule has 1 aliphatic carbocycles. The standard InChI is InChI=1S/C11H14FN/c1-7-9(3-2-4-10(7)12)11(13)8-5-6-8/h2-4,8,11H,5-6,13H2,1H3/t11-/m0/s1. The molecule has 1 nitrogen and oxygen atoms in total. The van der Waals surface area contributed by atoms with Crippen LogP contribution in [0.2, 0.25) is 0 Å². The molecule has 1 fully saturated rings. The van der Waals surface area contributed by atoms with E-state index in [4.69, 9.17) is 5.73 Å². The highest BCUT2D eigenvalue weighted by molar-refractivity contribution is 5.31. The molecule has 0 aliphatic heterocycles. The van der Waals surface area contributed by atoms with Gasteiger partial charge in [-0.15, -0.1) is 0 Å². The van der Waals surface area contributed by atoms with Crippen molar-refractivity contribution < 1.29 is 4.39 Å². The molecule has 2 heteroatoms. The van der Waals surface area contributed by atoms with Crippen molar-refractivity contribution in [2.45, 2.75) is 25.8 Å². The average Bonchev–Trinajstić information content (AvgIpc) is 2.91. The molecular formula is C11H14FN. The maximum absolute atomic E-state index is 13.2. The lowest BCUT2D eigenvalue weighted by molar-refractivity contribution is 0.590. The van der Waals surface area contributed by atoms with Crippen LogP contribution >= 0.6 is 0 Å². The summed E-state index contributed by atoms with van der Waals surface area (Å²) in [6.07, 6.45) is 2.38. The molecule has 13 heavy (non-hydrogen) atoms. The molecule has 1 aromatic rings. The molecule has 1 atom stereocenters. The van der Waals surface area contributed by atoms with E-state index in [1.54, 1.807) is 13.0 Å². The number of nitrogens with two attached hydrogens (primary N) is 1. The third-order valence-electron chi connectivity index (χ3n) is 2.80. The first kappa shape index (κ1) is 8.70. The van der Waals surface area contributed by atoms with Crippen molar-refractivity contribution in [2.24, 2.45) is 11.7 Å². The Kier molecular flexibility index (Phi) is 2.08. The average molecular weight is 179 g/mol. The van der Waals surface area contributed by atoms with Gasteiger partial charge in [0.25, 0.3) is 0 Å². The van der Waals surface area contributed by atoms with Crippen LogP contribution in [0.25, 0.3) is 0 Å². The Bertz CT molecular complexity index is 318. The molecule has 2 rings (SSSR count). The molecule has 0 unspecified atom stereocenters. The van der Waals surface area contributed by atoms with Crippen molar-refractivity contribution in [1.82, 2.24) is 0 Å². The van der Waals surface area contributed by atoms with Crippen molar-refractivity contribution in [2.75, 3.05) is 0 Å². The van der Waals surface area contributed by atoms with Crippen molar-refractivity contribution in [3.8, 4) is 0 Å². The summed E-state index contributed by atoms with van der Waals surface area (Å²) in [5.41, 5.74) is 7.69. The van der Waals surface area contributed by atoms with Crippen molar-refractivity contribution in [1.29, 1.82) is 0 Å². The van der Waals surface area contributed by atoms with Crippen LogP contribution in [0.4, 0.5) is 4.39 Å². The Labute approximate surface area is 77.8 Å². The fraction of sp³-hybridized carbons (Fsp3) is 0.455. The number of hydrogen-bond acceptors (Lipinski definition) is 1. The maximum atomic E-state index is 13.2. The molecular weight excluding hydrogens is 165 g/mol. The zero-order valence-corrected chi connectivity index (χ0v) is 7.76. The minimum atomic E-state index is -0.145. The third kappa shape index (κ3) is 1.59. The van der Waals surface area contributed by atoms with E-state index < -0.39 is 0 Å². The molecule has 0 aromatic heterocycles. The van der Waals surface area contributed by atoms with E-state index in [0.717, 1.165) is 5.56 Å². The van der Waals surface area contributed by atoms with E-state index in [0.29, 0.717) is 11.5 Å². The summed E-state index contributed by atoms with van der Waals surface area (Å²) < 4.78 is 13.2. The summed E-state index contributed by atoms with van der Waals surface area (Å²) in [6.45, 7) is 1.80. The van der Waals surface area contributed by atoms with Gasteiger partial charge < -0.3 is 5.73 Å². The van der Waals surface area contributed by atoms with Crippen LogP contribution in [0.5, 0.6) is 0 Å². The molecule has 0 amide bonds. The van der Waals surface area contributed by atoms with Gasteiger partial charge in [0.05, 0.1) is 0 Å².